The van der Waals surface area contributed by atoms with Crippen LogP contribution in [0.1, 0.15) is 28.8 Å². The van der Waals surface area contributed by atoms with Crippen molar-refractivity contribution in [3.05, 3.63) is 98.5 Å². The van der Waals surface area contributed by atoms with Crippen molar-refractivity contribution in [2.45, 2.75) is 18.6 Å². The molecule has 32 heavy (non-hydrogen) atoms. The van der Waals surface area contributed by atoms with Gasteiger partial charge in [-0.1, -0.05) is 65.1 Å². The molecule has 164 valence electrons. The van der Waals surface area contributed by atoms with Gasteiger partial charge in [0.2, 0.25) is 5.91 Å². The smallest absolute Gasteiger partial charge is 0.253 e. The summed E-state index contributed by atoms with van der Waals surface area (Å²) in [5.74, 6) is -0.769. The second kappa shape index (κ2) is 9.51. The van der Waals surface area contributed by atoms with Crippen LogP contribution in [-0.2, 0) is 20.7 Å². The van der Waals surface area contributed by atoms with Crippen molar-refractivity contribution < 1.29 is 14.3 Å². The summed E-state index contributed by atoms with van der Waals surface area (Å²) in [4.78, 5) is 26.6. The molecule has 1 heterocycles. The summed E-state index contributed by atoms with van der Waals surface area (Å²) in [5, 5.41) is 1.60. The van der Waals surface area contributed by atoms with Crippen molar-refractivity contribution in [2.75, 3.05) is 11.5 Å². The molecule has 8 heteroatoms. The topological polar surface area (TPSA) is 72.6 Å². The molecule has 0 spiro atoms. The number of anilines is 1. The van der Waals surface area contributed by atoms with E-state index in [4.69, 9.17) is 45.3 Å². The lowest BCUT2D eigenvalue weighted by Crippen LogP contribution is -2.46. The Balaban J connectivity index is 1.89. The quantitative estimate of drug-likeness (QED) is 0.513. The van der Waals surface area contributed by atoms with Crippen LogP contribution in [0.5, 0.6) is 0 Å². The normalized spacial score (nSPS) is 18.6. The van der Waals surface area contributed by atoms with Gasteiger partial charge in [0.25, 0.3) is 5.91 Å². The second-order valence-electron chi connectivity index (χ2n) is 7.46. The van der Waals surface area contributed by atoms with Crippen LogP contribution in [0.15, 0.2) is 66.7 Å². The molecule has 1 saturated heterocycles. The number of hydrogen-bond acceptors (Lipinski definition) is 3. The number of hydrogen-bond donors (Lipinski definition) is 1. The predicted molar refractivity (Wildman–Crippen MR) is 126 cm³/mol. The van der Waals surface area contributed by atoms with E-state index in [9.17, 15) is 9.59 Å². The van der Waals surface area contributed by atoms with Crippen LogP contribution in [0.2, 0.25) is 15.1 Å². The van der Waals surface area contributed by atoms with Gasteiger partial charge in [0, 0.05) is 20.8 Å². The SMILES string of the molecule is NC(=O)Cc1ccc(Cl)cc1N1C(=O)CO[C@@H](c2ccc(Cl)cc2)[C@H]1c1ccc(Cl)cc1. The van der Waals surface area contributed by atoms with Gasteiger partial charge in [-0.3, -0.25) is 14.5 Å². The number of carbonyl (C=O) groups excluding carboxylic acids is 2. The molecule has 1 aliphatic heterocycles. The summed E-state index contributed by atoms with van der Waals surface area (Å²) < 4.78 is 6.02. The van der Waals surface area contributed by atoms with Crippen molar-refractivity contribution in [3.8, 4) is 0 Å². The maximum Gasteiger partial charge on any atom is 0.253 e. The van der Waals surface area contributed by atoms with Crippen LogP contribution in [-0.4, -0.2) is 18.4 Å². The molecule has 0 saturated carbocycles. The number of benzene rings is 3. The van der Waals surface area contributed by atoms with Gasteiger partial charge in [-0.15, -0.1) is 0 Å². The highest BCUT2D eigenvalue weighted by Crippen LogP contribution is 2.44. The fraction of sp³-hybridized carbons (Fsp3) is 0.167. The first-order chi connectivity index (χ1) is 15.3. The first-order valence-corrected chi connectivity index (χ1v) is 11.0. The van der Waals surface area contributed by atoms with Gasteiger partial charge < -0.3 is 10.5 Å². The van der Waals surface area contributed by atoms with E-state index in [-0.39, 0.29) is 18.9 Å². The van der Waals surface area contributed by atoms with Gasteiger partial charge in [0.05, 0.1) is 12.5 Å². The number of primary amides is 1. The zero-order chi connectivity index (χ0) is 22.8. The highest BCUT2D eigenvalue weighted by Gasteiger charge is 2.40. The van der Waals surface area contributed by atoms with Crippen molar-refractivity contribution >= 4 is 52.3 Å². The molecule has 2 amide bonds. The summed E-state index contributed by atoms with van der Waals surface area (Å²) >= 11 is 18.5. The number of ether oxygens (including phenoxy) is 1. The van der Waals surface area contributed by atoms with Gasteiger partial charge in [-0.2, -0.15) is 0 Å². The van der Waals surface area contributed by atoms with Gasteiger partial charge >= 0.3 is 0 Å². The van der Waals surface area contributed by atoms with Crippen LogP contribution in [0.3, 0.4) is 0 Å². The Bertz CT molecular complexity index is 1150. The van der Waals surface area contributed by atoms with E-state index in [1.165, 1.54) is 0 Å². The lowest BCUT2D eigenvalue weighted by molar-refractivity contribution is -0.132. The van der Waals surface area contributed by atoms with E-state index in [1.807, 2.05) is 24.3 Å². The fourth-order valence-corrected chi connectivity index (χ4v) is 4.33. The highest BCUT2D eigenvalue weighted by molar-refractivity contribution is 6.31. The lowest BCUT2D eigenvalue weighted by atomic mass is 9.91. The van der Waals surface area contributed by atoms with Gasteiger partial charge in [-0.25, -0.2) is 0 Å². The minimum Gasteiger partial charge on any atom is -0.369 e. The molecule has 0 aromatic heterocycles. The molecule has 1 aliphatic rings. The van der Waals surface area contributed by atoms with Gasteiger partial charge in [-0.05, 0) is 53.1 Å². The van der Waals surface area contributed by atoms with Crippen molar-refractivity contribution in [1.29, 1.82) is 0 Å². The molecular formula is C24H19Cl3N2O3. The number of nitrogens with two attached hydrogens (primary N) is 1. The third kappa shape index (κ3) is 4.76. The predicted octanol–water partition coefficient (Wildman–Crippen LogP) is 5.52. The second-order valence-corrected chi connectivity index (χ2v) is 8.77. The van der Waals surface area contributed by atoms with E-state index in [1.54, 1.807) is 47.4 Å². The lowest BCUT2D eigenvalue weighted by Gasteiger charge is -2.42. The van der Waals surface area contributed by atoms with Gasteiger partial charge in [0.1, 0.15) is 12.7 Å². The zero-order valence-electron chi connectivity index (χ0n) is 16.8. The minimum absolute atomic E-state index is 0.0317. The molecule has 0 bridgehead atoms. The zero-order valence-corrected chi connectivity index (χ0v) is 19.1. The van der Waals surface area contributed by atoms with Crippen LogP contribution in [0.25, 0.3) is 0 Å². The highest BCUT2D eigenvalue weighted by atomic mass is 35.5. The standard InChI is InChI=1S/C24H19Cl3N2O3/c25-17-6-1-14(2-7-17)23-24(15-3-8-18(26)9-4-15)32-13-22(31)29(23)20-12-19(27)10-5-16(20)11-21(28)30/h1-10,12,23-24H,11,13H2,(H2,28,30)/t23-,24+/m1/s1. The average molecular weight is 490 g/mol. The molecular weight excluding hydrogens is 471 g/mol. The number of halogens is 3. The van der Waals surface area contributed by atoms with Gasteiger partial charge in [0.15, 0.2) is 0 Å². The van der Waals surface area contributed by atoms with Crippen LogP contribution in [0, 0.1) is 0 Å². The molecule has 3 aromatic carbocycles. The molecule has 4 rings (SSSR count). The van der Waals surface area contributed by atoms with E-state index in [0.29, 0.717) is 26.3 Å². The van der Waals surface area contributed by atoms with Crippen LogP contribution >= 0.6 is 34.8 Å². The molecule has 5 nitrogen and oxygen atoms in total. The largest absolute Gasteiger partial charge is 0.369 e. The van der Waals surface area contributed by atoms with Crippen LogP contribution < -0.4 is 10.6 Å². The average Bonchev–Trinajstić information content (AvgIpc) is 2.76. The summed E-state index contributed by atoms with van der Waals surface area (Å²) in [5.41, 5.74) is 8.25. The summed E-state index contributed by atoms with van der Waals surface area (Å²) in [6, 6.07) is 19.0. The summed E-state index contributed by atoms with van der Waals surface area (Å²) in [6.07, 6.45) is -0.526. The molecule has 2 atom stereocenters. The maximum absolute atomic E-state index is 13.2. The molecule has 0 unspecified atom stereocenters. The number of amides is 2. The number of nitrogens with zero attached hydrogens (tertiary/aromatic N) is 1. The number of morpholine rings is 1. The monoisotopic (exact) mass is 488 g/mol. The Morgan fingerprint density at radius 3 is 2.06 bits per heavy atom. The third-order valence-electron chi connectivity index (χ3n) is 5.30. The van der Waals surface area contributed by atoms with Crippen molar-refractivity contribution in [2.24, 2.45) is 5.73 Å². The van der Waals surface area contributed by atoms with E-state index >= 15 is 0 Å². The number of rotatable bonds is 5. The maximum atomic E-state index is 13.2. The summed E-state index contributed by atoms with van der Waals surface area (Å²) in [7, 11) is 0. The van der Waals surface area contributed by atoms with Crippen molar-refractivity contribution in [3.63, 3.8) is 0 Å². The van der Waals surface area contributed by atoms with E-state index in [2.05, 4.69) is 0 Å². The molecule has 2 N–H and O–H groups in total. The Hall–Kier alpha value is -2.57. The van der Waals surface area contributed by atoms with Crippen molar-refractivity contribution in [1.82, 2.24) is 0 Å². The van der Waals surface area contributed by atoms with Crippen LogP contribution in [0.4, 0.5) is 5.69 Å². The Labute approximate surface area is 200 Å². The fourth-order valence-electron chi connectivity index (χ4n) is 3.91. The molecule has 3 aromatic rings. The minimum atomic E-state index is -0.542. The molecule has 0 aliphatic carbocycles. The Morgan fingerprint density at radius 1 is 0.906 bits per heavy atom. The summed E-state index contributed by atoms with van der Waals surface area (Å²) in [6.45, 7) is -0.139. The van der Waals surface area contributed by atoms with E-state index in [0.717, 1.165) is 11.1 Å². The molecule has 1 fully saturated rings. The first kappa shape index (κ1) is 22.6. The Morgan fingerprint density at radius 2 is 1.47 bits per heavy atom. The third-order valence-corrected chi connectivity index (χ3v) is 6.04. The molecule has 0 radical (unpaired) electrons. The van der Waals surface area contributed by atoms with E-state index < -0.39 is 18.1 Å². The number of carbonyl (C=O) groups is 2. The first-order valence-electron chi connectivity index (χ1n) is 9.85. The Kier molecular flexibility index (Phi) is 6.72.